The third kappa shape index (κ3) is 9.14. The van der Waals surface area contributed by atoms with Gasteiger partial charge in [-0.3, -0.25) is 19.7 Å². The summed E-state index contributed by atoms with van der Waals surface area (Å²) in [5.74, 6) is -1.03. The summed E-state index contributed by atoms with van der Waals surface area (Å²) in [6.45, 7) is 8.76. The van der Waals surface area contributed by atoms with E-state index in [-0.39, 0.29) is 21.6 Å². The Bertz CT molecular complexity index is 2420. The Morgan fingerprint density at radius 3 is 2.48 bits per heavy atom. The summed E-state index contributed by atoms with van der Waals surface area (Å²) in [5.41, 5.74) is 7.93. The molecule has 0 radical (unpaired) electrons. The van der Waals surface area contributed by atoms with Crippen LogP contribution >= 0.6 is 11.6 Å². The number of hydrogen-bond donors (Lipinski definition) is 4. The molecule has 56 heavy (non-hydrogen) atoms. The van der Waals surface area contributed by atoms with E-state index in [1.54, 1.807) is 30.6 Å². The molecule has 1 saturated heterocycles. The van der Waals surface area contributed by atoms with Crippen LogP contribution < -0.4 is 19.8 Å². The number of carbonyl (C=O) groups excluding carboxylic acids is 2. The molecule has 0 bridgehead atoms. The molecule has 12 nitrogen and oxygen atoms in total. The van der Waals surface area contributed by atoms with Crippen LogP contribution in [0.2, 0.25) is 5.02 Å². The zero-order chi connectivity index (χ0) is 39.5. The molecular formula is C42H43ClN6O6S. The Balaban J connectivity index is 1.09. The maximum absolute atomic E-state index is 13.7. The number of aromatic amines is 1. The molecule has 290 valence electrons. The number of rotatable bonds is 11. The topological polar surface area (TPSA) is 157 Å². The molecule has 0 spiro atoms. The predicted molar refractivity (Wildman–Crippen MR) is 217 cm³/mol. The second-order valence-corrected chi connectivity index (χ2v) is 17.0. The molecule has 0 atom stereocenters. The number of nitrogens with zero attached hydrogens (tertiary/aromatic N) is 3. The Hall–Kier alpha value is -5.47. The first-order valence-corrected chi connectivity index (χ1v) is 20.2. The van der Waals surface area contributed by atoms with Gasteiger partial charge >= 0.3 is 0 Å². The average Bonchev–Trinajstić information content (AvgIpc) is 3.66. The summed E-state index contributed by atoms with van der Waals surface area (Å²) in [6.07, 6.45) is 9.03. The van der Waals surface area contributed by atoms with Crippen LogP contribution in [0.4, 0.5) is 5.69 Å². The van der Waals surface area contributed by atoms with Gasteiger partial charge in [0.05, 0.1) is 16.7 Å². The zero-order valence-corrected chi connectivity index (χ0v) is 32.7. The van der Waals surface area contributed by atoms with Crippen LogP contribution in [0.5, 0.6) is 11.5 Å². The number of nitrogens with one attached hydrogen (secondary N) is 3. The van der Waals surface area contributed by atoms with Crippen molar-refractivity contribution >= 4 is 61.8 Å². The summed E-state index contributed by atoms with van der Waals surface area (Å²) in [4.78, 5) is 37.1. The molecule has 1 aliphatic heterocycles. The van der Waals surface area contributed by atoms with E-state index in [1.165, 1.54) is 52.5 Å². The van der Waals surface area contributed by atoms with E-state index in [4.69, 9.17) is 21.5 Å². The van der Waals surface area contributed by atoms with Crippen LogP contribution in [0, 0.1) is 5.41 Å². The van der Waals surface area contributed by atoms with E-state index in [2.05, 4.69) is 50.5 Å². The van der Waals surface area contributed by atoms with Gasteiger partial charge in [0.1, 0.15) is 17.1 Å². The number of allylic oxidation sites excluding steroid dienone is 1. The highest BCUT2D eigenvalue weighted by atomic mass is 35.5. The van der Waals surface area contributed by atoms with Crippen LogP contribution in [-0.4, -0.2) is 73.0 Å². The van der Waals surface area contributed by atoms with Crippen molar-refractivity contribution in [1.82, 2.24) is 25.1 Å². The number of carbonyl (C=O) groups is 2. The first-order chi connectivity index (χ1) is 26.9. The Labute approximate surface area is 330 Å². The molecule has 3 heterocycles. The lowest BCUT2D eigenvalue weighted by molar-refractivity contribution is -0.124. The minimum Gasteiger partial charge on any atom is -0.455 e. The standard InChI is InChI=1S/C42H43ClN6O6S/c1-42(2)17-15-31(37(25-42)29-6-8-32(43)9-7-29)27-48-19-21-49(22-20-48)33-10-13-36(38(24-33)55-34-23-30-16-18-44-40(30)45-26-34)41(51)47-56(53,54)35-11-3-28(4-12-35)5-14-39(50)46-52/h3-14,16,18,23-24,26,52H,15,17,19-22,25,27H2,1-2H3,(H,44,45)(H,46,50)(H,47,51)/b14-5+. The van der Waals surface area contributed by atoms with Crippen molar-refractivity contribution in [3.63, 3.8) is 0 Å². The second-order valence-electron chi connectivity index (χ2n) is 14.9. The lowest BCUT2D eigenvalue weighted by atomic mass is 9.72. The summed E-state index contributed by atoms with van der Waals surface area (Å²) >= 11 is 6.22. The summed E-state index contributed by atoms with van der Waals surface area (Å²) in [7, 11) is -4.29. The Morgan fingerprint density at radius 2 is 1.75 bits per heavy atom. The fourth-order valence-corrected chi connectivity index (χ4v) is 8.28. The van der Waals surface area contributed by atoms with E-state index < -0.39 is 21.8 Å². The molecule has 1 aliphatic carbocycles. The highest BCUT2D eigenvalue weighted by molar-refractivity contribution is 7.90. The molecule has 1 fully saturated rings. The summed E-state index contributed by atoms with van der Waals surface area (Å²) < 4.78 is 35.1. The fraction of sp³-hybridized carbons (Fsp3) is 0.262. The van der Waals surface area contributed by atoms with Gasteiger partial charge in [-0.25, -0.2) is 23.6 Å². The van der Waals surface area contributed by atoms with Crippen molar-refractivity contribution in [3.8, 4) is 11.5 Å². The van der Waals surface area contributed by atoms with Gasteiger partial charge in [0.2, 0.25) is 0 Å². The van der Waals surface area contributed by atoms with Gasteiger partial charge in [0.25, 0.3) is 21.8 Å². The number of aromatic nitrogens is 2. The lowest BCUT2D eigenvalue weighted by Gasteiger charge is -2.39. The smallest absolute Gasteiger partial charge is 0.268 e. The van der Waals surface area contributed by atoms with Crippen molar-refractivity contribution in [2.45, 2.75) is 38.0 Å². The minimum atomic E-state index is -4.29. The van der Waals surface area contributed by atoms with Gasteiger partial charge in [-0.15, -0.1) is 0 Å². The molecule has 3 aromatic carbocycles. The third-order valence-electron chi connectivity index (χ3n) is 10.3. The van der Waals surface area contributed by atoms with Crippen LogP contribution in [0.15, 0.2) is 108 Å². The van der Waals surface area contributed by atoms with Crippen molar-refractivity contribution < 1.29 is 28.0 Å². The largest absolute Gasteiger partial charge is 0.455 e. The Kier molecular flexibility index (Phi) is 11.3. The van der Waals surface area contributed by atoms with Crippen LogP contribution in [0.25, 0.3) is 22.7 Å². The fourth-order valence-electron chi connectivity index (χ4n) is 7.18. The number of piperazine rings is 1. The highest BCUT2D eigenvalue weighted by Gasteiger charge is 2.30. The number of anilines is 1. The minimum absolute atomic E-state index is 0.0292. The van der Waals surface area contributed by atoms with Gasteiger partial charge in [-0.1, -0.05) is 55.3 Å². The number of amides is 2. The number of H-pyrrole nitrogens is 1. The zero-order valence-electron chi connectivity index (χ0n) is 31.1. The number of ether oxygens (including phenoxy) is 1. The number of halogens is 1. The molecule has 5 aromatic rings. The molecule has 2 amide bonds. The van der Waals surface area contributed by atoms with Crippen LogP contribution in [-0.2, 0) is 14.8 Å². The first kappa shape index (κ1) is 38.8. The van der Waals surface area contributed by atoms with Gasteiger partial charge in [0.15, 0.2) is 0 Å². The monoisotopic (exact) mass is 794 g/mol. The van der Waals surface area contributed by atoms with Crippen molar-refractivity contribution in [2.24, 2.45) is 5.41 Å². The molecule has 2 aliphatic rings. The number of benzene rings is 3. The predicted octanol–water partition coefficient (Wildman–Crippen LogP) is 7.43. The number of sulfonamides is 1. The molecule has 0 saturated carbocycles. The summed E-state index contributed by atoms with van der Waals surface area (Å²) in [6, 6.07) is 22.6. The normalized spacial score (nSPS) is 16.3. The molecule has 14 heteroatoms. The van der Waals surface area contributed by atoms with Crippen molar-refractivity contribution in [1.29, 1.82) is 0 Å². The SMILES string of the molecule is CC1(C)CCC(CN2CCN(c3ccc(C(=O)NS(=O)(=O)c4ccc(/C=C/C(=O)NO)cc4)c(Oc4cnc5[nH]ccc5c4)c3)CC2)=C(c2ccc(Cl)cc2)C1. The highest BCUT2D eigenvalue weighted by Crippen LogP contribution is 2.43. The molecule has 0 unspecified atom stereocenters. The maximum atomic E-state index is 13.7. The molecule has 7 rings (SSSR count). The number of hydroxylamine groups is 1. The van der Waals surface area contributed by atoms with E-state index in [0.29, 0.717) is 17.0 Å². The maximum Gasteiger partial charge on any atom is 0.268 e. The Morgan fingerprint density at radius 1 is 1.00 bits per heavy atom. The van der Waals surface area contributed by atoms with Crippen molar-refractivity contribution in [3.05, 3.63) is 125 Å². The molecular weight excluding hydrogens is 752 g/mol. The molecule has 4 N–H and O–H groups in total. The number of fused-ring (bicyclic) bond motifs is 1. The van der Waals surface area contributed by atoms with Gasteiger partial charge < -0.3 is 14.6 Å². The number of hydrogen-bond acceptors (Lipinski definition) is 9. The molecule has 2 aromatic heterocycles. The second kappa shape index (κ2) is 16.3. The lowest BCUT2D eigenvalue weighted by Crippen LogP contribution is -2.47. The van der Waals surface area contributed by atoms with Gasteiger partial charge in [-0.2, -0.15) is 0 Å². The van der Waals surface area contributed by atoms with E-state index in [0.717, 1.165) is 74.2 Å². The van der Waals surface area contributed by atoms with Crippen LogP contribution in [0.3, 0.4) is 0 Å². The van der Waals surface area contributed by atoms with Crippen molar-refractivity contribution in [2.75, 3.05) is 37.6 Å². The van der Waals surface area contributed by atoms with E-state index in [9.17, 15) is 18.0 Å². The quantitative estimate of drug-likeness (QED) is 0.0607. The van der Waals surface area contributed by atoms with Crippen LogP contribution in [0.1, 0.15) is 54.6 Å². The van der Waals surface area contributed by atoms with Gasteiger partial charge in [0, 0.05) is 67.2 Å². The van der Waals surface area contributed by atoms with E-state index in [1.807, 2.05) is 24.3 Å². The number of pyridine rings is 1. The average molecular weight is 795 g/mol. The van der Waals surface area contributed by atoms with Gasteiger partial charge in [-0.05, 0) is 96.0 Å². The summed E-state index contributed by atoms with van der Waals surface area (Å²) in [5, 5.41) is 10.2. The van der Waals surface area contributed by atoms with E-state index >= 15 is 0 Å². The first-order valence-electron chi connectivity index (χ1n) is 18.3. The third-order valence-corrected chi connectivity index (χ3v) is 11.9.